The van der Waals surface area contributed by atoms with E-state index in [1.165, 1.54) is 43.4 Å². The number of nitrogens with zero attached hydrogens (tertiary/aromatic N) is 1. The standard InChI is InChI=1S/C13H20N2O2S/c1-3-17-11(16)10-9-18-12(14-10)15-13(2)7-5-4-6-8-13/h9H,3-8H2,1-2H3,(H,14,15). The maximum absolute atomic E-state index is 11.5. The number of anilines is 1. The number of carbonyl (C=O) groups excluding carboxylic acids is 1. The summed E-state index contributed by atoms with van der Waals surface area (Å²) >= 11 is 1.47. The van der Waals surface area contributed by atoms with Crippen molar-refractivity contribution in [3.63, 3.8) is 0 Å². The first-order valence-corrected chi connectivity index (χ1v) is 7.42. The molecule has 0 aliphatic heterocycles. The van der Waals surface area contributed by atoms with Gasteiger partial charge in [0.15, 0.2) is 10.8 Å². The molecule has 0 radical (unpaired) electrons. The maximum Gasteiger partial charge on any atom is 0.357 e. The minimum Gasteiger partial charge on any atom is -0.461 e. The molecule has 1 aliphatic carbocycles. The van der Waals surface area contributed by atoms with Gasteiger partial charge in [0.2, 0.25) is 0 Å². The highest BCUT2D eigenvalue weighted by molar-refractivity contribution is 7.13. The first-order valence-electron chi connectivity index (χ1n) is 6.54. The molecule has 0 spiro atoms. The van der Waals surface area contributed by atoms with Crippen LogP contribution in [-0.4, -0.2) is 23.1 Å². The van der Waals surface area contributed by atoms with E-state index >= 15 is 0 Å². The quantitative estimate of drug-likeness (QED) is 0.850. The van der Waals surface area contributed by atoms with Crippen molar-refractivity contribution in [1.82, 2.24) is 4.98 Å². The summed E-state index contributed by atoms with van der Waals surface area (Å²) in [7, 11) is 0. The Hall–Kier alpha value is -1.10. The summed E-state index contributed by atoms with van der Waals surface area (Å²) in [5, 5.41) is 6.05. The van der Waals surface area contributed by atoms with Crippen LogP contribution in [0.15, 0.2) is 5.38 Å². The van der Waals surface area contributed by atoms with Crippen molar-refractivity contribution in [2.45, 2.75) is 51.5 Å². The molecule has 5 heteroatoms. The molecule has 1 fully saturated rings. The van der Waals surface area contributed by atoms with Crippen molar-refractivity contribution in [1.29, 1.82) is 0 Å². The van der Waals surface area contributed by atoms with Crippen molar-refractivity contribution in [3.8, 4) is 0 Å². The van der Waals surface area contributed by atoms with E-state index < -0.39 is 0 Å². The molecule has 0 unspecified atom stereocenters. The Morgan fingerprint density at radius 2 is 2.22 bits per heavy atom. The normalized spacial score (nSPS) is 18.3. The second-order valence-corrected chi connectivity index (χ2v) is 5.86. The van der Waals surface area contributed by atoms with E-state index in [9.17, 15) is 4.79 Å². The van der Waals surface area contributed by atoms with Crippen LogP contribution in [0.1, 0.15) is 56.4 Å². The molecule has 1 aliphatic rings. The fourth-order valence-electron chi connectivity index (χ4n) is 2.35. The average Bonchev–Trinajstić information content (AvgIpc) is 2.78. The summed E-state index contributed by atoms with van der Waals surface area (Å²) in [5.41, 5.74) is 0.533. The van der Waals surface area contributed by atoms with Crippen molar-refractivity contribution in [2.75, 3.05) is 11.9 Å². The minimum atomic E-state index is -0.337. The SMILES string of the molecule is CCOC(=O)c1csc(NC2(C)CCCCC2)n1. The van der Waals surface area contributed by atoms with E-state index in [4.69, 9.17) is 4.74 Å². The van der Waals surface area contributed by atoms with Gasteiger partial charge in [-0.3, -0.25) is 0 Å². The summed E-state index contributed by atoms with van der Waals surface area (Å²) in [6.07, 6.45) is 6.19. The number of ether oxygens (including phenoxy) is 1. The monoisotopic (exact) mass is 268 g/mol. The molecule has 0 saturated heterocycles. The average molecular weight is 268 g/mol. The topological polar surface area (TPSA) is 51.2 Å². The maximum atomic E-state index is 11.5. The fraction of sp³-hybridized carbons (Fsp3) is 0.692. The summed E-state index contributed by atoms with van der Waals surface area (Å²) in [5.74, 6) is -0.337. The summed E-state index contributed by atoms with van der Waals surface area (Å²) in [4.78, 5) is 15.8. The van der Waals surface area contributed by atoms with Crippen LogP contribution in [0.2, 0.25) is 0 Å². The lowest BCUT2D eigenvalue weighted by molar-refractivity contribution is 0.0520. The Bertz CT molecular complexity index is 411. The molecule has 0 amide bonds. The molecule has 1 N–H and O–H groups in total. The number of aromatic nitrogens is 1. The Labute approximate surface area is 112 Å². The Kier molecular flexibility index (Phi) is 4.22. The zero-order valence-electron chi connectivity index (χ0n) is 11.0. The smallest absolute Gasteiger partial charge is 0.357 e. The van der Waals surface area contributed by atoms with E-state index in [-0.39, 0.29) is 11.5 Å². The largest absolute Gasteiger partial charge is 0.461 e. The molecule has 1 saturated carbocycles. The van der Waals surface area contributed by atoms with Gasteiger partial charge in [0.25, 0.3) is 0 Å². The van der Waals surface area contributed by atoms with Crippen molar-refractivity contribution in [2.24, 2.45) is 0 Å². The van der Waals surface area contributed by atoms with E-state index in [1.54, 1.807) is 12.3 Å². The molecule has 0 atom stereocenters. The zero-order chi connectivity index (χ0) is 13.0. The van der Waals surface area contributed by atoms with Crippen LogP contribution in [0.25, 0.3) is 0 Å². The van der Waals surface area contributed by atoms with Gasteiger partial charge >= 0.3 is 5.97 Å². The third kappa shape index (κ3) is 3.22. The highest BCUT2D eigenvalue weighted by atomic mass is 32.1. The van der Waals surface area contributed by atoms with E-state index in [0.717, 1.165) is 5.13 Å². The molecular formula is C13H20N2O2S. The molecule has 0 aromatic carbocycles. The third-order valence-electron chi connectivity index (χ3n) is 3.35. The fourth-order valence-corrected chi connectivity index (χ4v) is 3.17. The molecule has 18 heavy (non-hydrogen) atoms. The second-order valence-electron chi connectivity index (χ2n) is 5.00. The molecule has 1 aromatic rings. The Balaban J connectivity index is 1.99. The van der Waals surface area contributed by atoms with Crippen LogP contribution in [-0.2, 0) is 4.74 Å². The molecular weight excluding hydrogens is 248 g/mol. The van der Waals surface area contributed by atoms with Crippen LogP contribution in [0.3, 0.4) is 0 Å². The van der Waals surface area contributed by atoms with Gasteiger partial charge in [-0.05, 0) is 26.7 Å². The first-order chi connectivity index (χ1) is 8.63. The van der Waals surface area contributed by atoms with Gasteiger partial charge in [-0.25, -0.2) is 9.78 Å². The van der Waals surface area contributed by atoms with E-state index in [1.807, 2.05) is 0 Å². The molecule has 2 rings (SSSR count). The molecule has 1 aromatic heterocycles. The number of carbonyl (C=O) groups is 1. The van der Waals surface area contributed by atoms with Gasteiger partial charge in [0.05, 0.1) is 6.61 Å². The number of hydrogen-bond acceptors (Lipinski definition) is 5. The Morgan fingerprint density at radius 3 is 2.89 bits per heavy atom. The molecule has 0 bridgehead atoms. The van der Waals surface area contributed by atoms with Gasteiger partial charge in [0.1, 0.15) is 0 Å². The van der Waals surface area contributed by atoms with Gasteiger partial charge in [-0.15, -0.1) is 11.3 Å². The van der Waals surface area contributed by atoms with Crippen LogP contribution in [0.5, 0.6) is 0 Å². The van der Waals surface area contributed by atoms with Crippen LogP contribution in [0.4, 0.5) is 5.13 Å². The van der Waals surface area contributed by atoms with Gasteiger partial charge < -0.3 is 10.1 Å². The van der Waals surface area contributed by atoms with Crippen LogP contribution < -0.4 is 5.32 Å². The minimum absolute atomic E-state index is 0.127. The van der Waals surface area contributed by atoms with E-state index in [0.29, 0.717) is 12.3 Å². The van der Waals surface area contributed by atoms with Crippen molar-refractivity contribution in [3.05, 3.63) is 11.1 Å². The highest BCUT2D eigenvalue weighted by Gasteiger charge is 2.27. The Morgan fingerprint density at radius 1 is 1.50 bits per heavy atom. The number of nitrogens with one attached hydrogen (secondary N) is 1. The summed E-state index contributed by atoms with van der Waals surface area (Å²) in [6.45, 7) is 4.42. The lowest BCUT2D eigenvalue weighted by atomic mass is 9.83. The van der Waals surface area contributed by atoms with Gasteiger partial charge in [-0.2, -0.15) is 0 Å². The predicted octanol–water partition coefficient (Wildman–Crippen LogP) is 3.45. The number of esters is 1. The number of hydrogen-bond donors (Lipinski definition) is 1. The number of thiazole rings is 1. The zero-order valence-corrected chi connectivity index (χ0v) is 11.8. The van der Waals surface area contributed by atoms with Gasteiger partial charge in [0, 0.05) is 10.9 Å². The molecule has 4 nitrogen and oxygen atoms in total. The first kappa shape index (κ1) is 13.3. The summed E-state index contributed by atoms with van der Waals surface area (Å²) in [6, 6.07) is 0. The lowest BCUT2D eigenvalue weighted by Gasteiger charge is -2.34. The van der Waals surface area contributed by atoms with Crippen molar-refractivity contribution < 1.29 is 9.53 Å². The van der Waals surface area contributed by atoms with Crippen molar-refractivity contribution >= 4 is 22.4 Å². The molecule has 1 heterocycles. The van der Waals surface area contributed by atoms with Gasteiger partial charge in [-0.1, -0.05) is 19.3 Å². The summed E-state index contributed by atoms with van der Waals surface area (Å²) < 4.78 is 4.93. The lowest BCUT2D eigenvalue weighted by Crippen LogP contribution is -2.36. The molecule has 100 valence electrons. The third-order valence-corrected chi connectivity index (χ3v) is 4.11. The predicted molar refractivity (Wildman–Crippen MR) is 73.2 cm³/mol. The highest BCUT2D eigenvalue weighted by Crippen LogP contribution is 2.32. The van der Waals surface area contributed by atoms with E-state index in [2.05, 4.69) is 17.2 Å². The number of rotatable bonds is 4. The van der Waals surface area contributed by atoms with Crippen LogP contribution in [0, 0.1) is 0 Å². The second kappa shape index (κ2) is 5.69. The van der Waals surface area contributed by atoms with Crippen LogP contribution >= 0.6 is 11.3 Å².